The summed E-state index contributed by atoms with van der Waals surface area (Å²) in [5.74, 6) is 0. The molecule has 1 aromatic carbocycles. The molecule has 0 saturated heterocycles. The molecule has 7 nitrogen and oxygen atoms in total. The third-order valence-corrected chi connectivity index (χ3v) is 3.88. The summed E-state index contributed by atoms with van der Waals surface area (Å²) in [4.78, 5) is -0.590. The van der Waals surface area contributed by atoms with E-state index in [-0.39, 0.29) is 59.1 Å². The van der Waals surface area contributed by atoms with E-state index in [4.69, 9.17) is 0 Å². The minimum Gasteiger partial charge on any atom is -0.744 e. The molecule has 19 heavy (non-hydrogen) atoms. The Bertz CT molecular complexity index is 641. The summed E-state index contributed by atoms with van der Waals surface area (Å²) in [6.07, 6.45) is 0. The molecule has 0 heterocycles. The van der Waals surface area contributed by atoms with E-state index in [1.54, 1.807) is 14.1 Å². The quantitative estimate of drug-likeness (QED) is 0.400. The monoisotopic (exact) mass is 325 g/mol. The maximum Gasteiger partial charge on any atom is 1.00 e. The molecule has 0 bridgehead atoms. The predicted octanol–water partition coefficient (Wildman–Crippen LogP) is -6.43. The molecule has 1 rings (SSSR count). The molecule has 0 atom stereocenters. The second-order valence-corrected chi connectivity index (χ2v) is 6.13. The van der Waals surface area contributed by atoms with Gasteiger partial charge >= 0.3 is 59.1 Å². The molecule has 1 aromatic rings. The zero-order valence-corrected chi connectivity index (χ0v) is 16.6. The summed E-state index contributed by atoms with van der Waals surface area (Å²) in [5, 5.41) is 0. The predicted molar refractivity (Wildman–Crippen MR) is 56.7 cm³/mol. The van der Waals surface area contributed by atoms with Gasteiger partial charge in [0.05, 0.1) is 9.79 Å². The summed E-state index contributed by atoms with van der Waals surface area (Å²) in [6.45, 7) is 0. The van der Waals surface area contributed by atoms with Gasteiger partial charge in [0.15, 0.2) is 0 Å². The van der Waals surface area contributed by atoms with Crippen LogP contribution in [0.25, 0.3) is 0 Å². The van der Waals surface area contributed by atoms with E-state index in [9.17, 15) is 25.9 Å². The summed E-state index contributed by atoms with van der Waals surface area (Å²) in [5.41, 5.74) is 0.298. The summed E-state index contributed by atoms with van der Waals surface area (Å²) < 4.78 is 65.1. The van der Waals surface area contributed by atoms with Crippen molar-refractivity contribution in [2.75, 3.05) is 19.0 Å². The molecule has 0 radical (unpaired) electrons. The molecule has 0 fully saturated rings. The molecule has 11 heteroatoms. The third kappa shape index (κ3) is 6.00. The standard InChI is InChI=1S/C8H11NO6S2.2Na/c1-9(2)6-3-4-7(16(10,11)12)8(5-6)17(13,14)15;;/h3-5H,1-2H3,(H,10,11,12)(H,13,14,15);;/q;2*+1/p-2. The number of anilines is 1. The van der Waals surface area contributed by atoms with Gasteiger partial charge in [0.1, 0.15) is 20.2 Å². The molecule has 0 amide bonds. The van der Waals surface area contributed by atoms with Crippen molar-refractivity contribution in [3.05, 3.63) is 18.2 Å². The molecular weight excluding hydrogens is 316 g/mol. The number of hydrogen-bond acceptors (Lipinski definition) is 7. The van der Waals surface area contributed by atoms with Gasteiger partial charge in [-0.3, -0.25) is 0 Å². The summed E-state index contributed by atoms with van der Waals surface area (Å²) in [7, 11) is -6.89. The first-order valence-corrected chi connectivity index (χ1v) is 7.08. The Morgan fingerprint density at radius 1 is 0.895 bits per heavy atom. The van der Waals surface area contributed by atoms with Crippen LogP contribution >= 0.6 is 0 Å². The van der Waals surface area contributed by atoms with Crippen LogP contribution in [0.5, 0.6) is 0 Å². The third-order valence-electron chi connectivity index (χ3n) is 1.98. The molecule has 96 valence electrons. The molecule has 0 aliphatic heterocycles. The van der Waals surface area contributed by atoms with Crippen LogP contribution in [0.2, 0.25) is 0 Å². The Hall–Kier alpha value is 0.840. The molecule has 0 N–H and O–H groups in total. The van der Waals surface area contributed by atoms with Gasteiger partial charge in [0, 0.05) is 19.8 Å². The van der Waals surface area contributed by atoms with Crippen LogP contribution in [-0.4, -0.2) is 40.0 Å². The van der Waals surface area contributed by atoms with Crippen molar-refractivity contribution < 1.29 is 85.1 Å². The smallest absolute Gasteiger partial charge is 0.744 e. The van der Waals surface area contributed by atoms with E-state index in [0.29, 0.717) is 5.69 Å². The van der Waals surface area contributed by atoms with Crippen LogP contribution in [-0.2, 0) is 20.2 Å². The molecule has 0 aliphatic carbocycles. The number of hydrogen-bond donors (Lipinski definition) is 0. The molecule has 0 saturated carbocycles. The summed E-state index contributed by atoms with van der Waals surface area (Å²) in [6, 6.07) is 2.90. The van der Waals surface area contributed by atoms with Crippen LogP contribution in [0.15, 0.2) is 28.0 Å². The minimum atomic E-state index is -5.03. The van der Waals surface area contributed by atoms with Crippen molar-refractivity contribution in [3.63, 3.8) is 0 Å². The Balaban J connectivity index is 0. The van der Waals surface area contributed by atoms with E-state index in [0.717, 1.165) is 12.1 Å². The Kier molecular flexibility index (Phi) is 9.01. The van der Waals surface area contributed by atoms with Gasteiger partial charge in [0.25, 0.3) is 0 Å². The van der Waals surface area contributed by atoms with E-state index < -0.39 is 30.0 Å². The van der Waals surface area contributed by atoms with Gasteiger partial charge in [-0.05, 0) is 18.2 Å². The van der Waals surface area contributed by atoms with Crippen molar-refractivity contribution in [3.8, 4) is 0 Å². The van der Waals surface area contributed by atoms with Gasteiger partial charge in [-0.2, -0.15) is 0 Å². The van der Waals surface area contributed by atoms with E-state index in [2.05, 4.69) is 0 Å². The van der Waals surface area contributed by atoms with Gasteiger partial charge in [-0.15, -0.1) is 0 Å². The van der Waals surface area contributed by atoms with Crippen molar-refractivity contribution >= 4 is 25.9 Å². The second-order valence-electron chi connectivity index (χ2n) is 3.43. The fourth-order valence-corrected chi connectivity index (χ4v) is 2.91. The van der Waals surface area contributed by atoms with Crippen molar-refractivity contribution in [2.45, 2.75) is 9.79 Å². The zero-order chi connectivity index (χ0) is 13.4. The van der Waals surface area contributed by atoms with Crippen molar-refractivity contribution in [1.29, 1.82) is 0 Å². The average molecular weight is 325 g/mol. The average Bonchev–Trinajstić information content (AvgIpc) is 2.14. The topological polar surface area (TPSA) is 118 Å². The van der Waals surface area contributed by atoms with Crippen LogP contribution in [0.4, 0.5) is 5.69 Å². The molecular formula is C8H9NNa2O6S2. The van der Waals surface area contributed by atoms with Gasteiger partial charge in [-0.25, -0.2) is 16.8 Å². The SMILES string of the molecule is CN(C)c1ccc(S(=O)(=O)[O-])c(S(=O)(=O)[O-])c1.[Na+].[Na+]. The Morgan fingerprint density at radius 2 is 1.32 bits per heavy atom. The minimum absolute atomic E-state index is 0. The molecule has 0 aliphatic rings. The van der Waals surface area contributed by atoms with Crippen LogP contribution < -0.4 is 64.0 Å². The summed E-state index contributed by atoms with van der Waals surface area (Å²) >= 11 is 0. The first-order chi connectivity index (χ1) is 7.53. The molecule has 0 aromatic heterocycles. The fraction of sp³-hybridized carbons (Fsp3) is 0.250. The van der Waals surface area contributed by atoms with E-state index in [1.807, 2.05) is 0 Å². The van der Waals surface area contributed by atoms with Crippen LogP contribution in [0.1, 0.15) is 0 Å². The zero-order valence-electron chi connectivity index (χ0n) is 10.9. The van der Waals surface area contributed by atoms with E-state index in [1.165, 1.54) is 11.0 Å². The normalized spacial score (nSPS) is 11.2. The van der Waals surface area contributed by atoms with Crippen LogP contribution in [0.3, 0.4) is 0 Å². The van der Waals surface area contributed by atoms with Crippen molar-refractivity contribution in [1.82, 2.24) is 0 Å². The Morgan fingerprint density at radius 3 is 1.63 bits per heavy atom. The molecule has 0 unspecified atom stereocenters. The van der Waals surface area contributed by atoms with Gasteiger partial charge in [-0.1, -0.05) is 0 Å². The Labute approximate surface area is 156 Å². The van der Waals surface area contributed by atoms with Crippen LogP contribution in [0, 0.1) is 0 Å². The first kappa shape index (κ1) is 22.1. The largest absolute Gasteiger partial charge is 1.00 e. The second kappa shape index (κ2) is 7.74. The van der Waals surface area contributed by atoms with E-state index >= 15 is 0 Å². The van der Waals surface area contributed by atoms with Gasteiger partial charge < -0.3 is 14.0 Å². The maximum atomic E-state index is 10.9. The van der Waals surface area contributed by atoms with Gasteiger partial charge in [0.2, 0.25) is 0 Å². The first-order valence-electron chi connectivity index (χ1n) is 4.26. The number of nitrogens with zero attached hydrogens (tertiary/aromatic N) is 1. The number of rotatable bonds is 3. The van der Waals surface area contributed by atoms with Crippen molar-refractivity contribution in [2.24, 2.45) is 0 Å². The molecule has 0 spiro atoms. The fourth-order valence-electron chi connectivity index (χ4n) is 1.18. The maximum absolute atomic E-state index is 10.9. The number of benzene rings is 1.